The third-order valence-electron chi connectivity index (χ3n) is 4.45. The van der Waals surface area contributed by atoms with Gasteiger partial charge < -0.3 is 9.84 Å². The maximum Gasteiger partial charge on any atom is 0.145 e. The lowest BCUT2D eigenvalue weighted by Gasteiger charge is -2.42. The fraction of sp³-hybridized carbons (Fsp3) is 0.625. The van der Waals surface area contributed by atoms with E-state index in [9.17, 15) is 9.50 Å². The van der Waals surface area contributed by atoms with Crippen molar-refractivity contribution >= 4 is 11.6 Å². The van der Waals surface area contributed by atoms with Gasteiger partial charge in [-0.1, -0.05) is 43.5 Å². The van der Waals surface area contributed by atoms with E-state index in [-0.39, 0.29) is 11.4 Å². The molecule has 1 aromatic carbocycles. The topological polar surface area (TPSA) is 29.5 Å². The van der Waals surface area contributed by atoms with E-state index in [0.717, 1.165) is 25.7 Å². The maximum atomic E-state index is 14.0. The number of ether oxygens (including phenoxy) is 1. The van der Waals surface area contributed by atoms with Gasteiger partial charge in [-0.15, -0.1) is 0 Å². The van der Waals surface area contributed by atoms with E-state index in [1.54, 1.807) is 19.2 Å². The van der Waals surface area contributed by atoms with E-state index in [4.69, 9.17) is 16.3 Å². The lowest BCUT2D eigenvalue weighted by atomic mass is 9.74. The molecule has 20 heavy (non-hydrogen) atoms. The second-order valence-electron chi connectivity index (χ2n) is 5.90. The molecule has 0 heterocycles. The van der Waals surface area contributed by atoms with Crippen molar-refractivity contribution in [2.24, 2.45) is 5.92 Å². The summed E-state index contributed by atoms with van der Waals surface area (Å²) < 4.78 is 19.6. The zero-order valence-electron chi connectivity index (χ0n) is 12.0. The second kappa shape index (κ2) is 6.42. The van der Waals surface area contributed by atoms with Gasteiger partial charge in [-0.2, -0.15) is 0 Å². The summed E-state index contributed by atoms with van der Waals surface area (Å²) in [4.78, 5) is 0. The number of benzene rings is 1. The van der Waals surface area contributed by atoms with Crippen molar-refractivity contribution in [3.05, 3.63) is 34.6 Å². The minimum atomic E-state index is -0.719. The summed E-state index contributed by atoms with van der Waals surface area (Å²) in [5.41, 5.74) is -0.119. The highest BCUT2D eigenvalue weighted by atomic mass is 35.5. The summed E-state index contributed by atoms with van der Waals surface area (Å²) >= 11 is 5.79. The van der Waals surface area contributed by atoms with Crippen LogP contribution in [0.1, 0.15) is 38.2 Å². The number of aliphatic hydroxyl groups excluding tert-OH is 1. The summed E-state index contributed by atoms with van der Waals surface area (Å²) in [6.45, 7) is 2.17. The Morgan fingerprint density at radius 3 is 2.95 bits per heavy atom. The Balaban J connectivity index is 2.17. The molecule has 0 saturated heterocycles. The normalized spacial score (nSPS) is 28.4. The summed E-state index contributed by atoms with van der Waals surface area (Å²) in [7, 11) is 1.63. The second-order valence-corrected chi connectivity index (χ2v) is 6.31. The van der Waals surface area contributed by atoms with Gasteiger partial charge in [0.2, 0.25) is 0 Å². The molecular formula is C16H22ClFO2. The smallest absolute Gasteiger partial charge is 0.145 e. The monoisotopic (exact) mass is 300 g/mol. The number of halogens is 2. The van der Waals surface area contributed by atoms with Crippen LogP contribution in [0, 0.1) is 11.7 Å². The number of rotatable bonds is 4. The van der Waals surface area contributed by atoms with E-state index in [2.05, 4.69) is 6.92 Å². The van der Waals surface area contributed by atoms with E-state index in [0.29, 0.717) is 11.5 Å². The Morgan fingerprint density at radius 2 is 2.30 bits per heavy atom. The molecule has 0 spiro atoms. The van der Waals surface area contributed by atoms with Gasteiger partial charge in [0.1, 0.15) is 5.82 Å². The lowest BCUT2D eigenvalue weighted by molar-refractivity contribution is -0.131. The number of hydrogen-bond donors (Lipinski definition) is 1. The molecule has 2 rings (SSSR count). The average Bonchev–Trinajstić information content (AvgIpc) is 2.43. The van der Waals surface area contributed by atoms with E-state index < -0.39 is 17.5 Å². The van der Waals surface area contributed by atoms with Gasteiger partial charge in [0.05, 0.1) is 16.7 Å². The predicted molar refractivity (Wildman–Crippen MR) is 78.5 cm³/mol. The van der Waals surface area contributed by atoms with Crippen LogP contribution in [0.3, 0.4) is 0 Å². The molecule has 3 unspecified atom stereocenters. The molecular weight excluding hydrogens is 279 g/mol. The molecule has 1 aliphatic carbocycles. The first-order valence-electron chi connectivity index (χ1n) is 7.14. The van der Waals surface area contributed by atoms with Crippen LogP contribution in [0.25, 0.3) is 0 Å². The summed E-state index contributed by atoms with van der Waals surface area (Å²) in [6.07, 6.45) is 3.33. The van der Waals surface area contributed by atoms with Crippen molar-refractivity contribution in [3.8, 4) is 0 Å². The van der Waals surface area contributed by atoms with E-state index >= 15 is 0 Å². The molecule has 0 aromatic heterocycles. The van der Waals surface area contributed by atoms with Gasteiger partial charge in [-0.25, -0.2) is 4.39 Å². The van der Waals surface area contributed by atoms with Crippen molar-refractivity contribution in [3.63, 3.8) is 0 Å². The Hall–Kier alpha value is -0.640. The van der Waals surface area contributed by atoms with Crippen molar-refractivity contribution < 1.29 is 14.2 Å². The van der Waals surface area contributed by atoms with Crippen LogP contribution in [-0.4, -0.2) is 23.9 Å². The fourth-order valence-electron chi connectivity index (χ4n) is 3.27. The van der Waals surface area contributed by atoms with Gasteiger partial charge in [0, 0.05) is 13.5 Å². The van der Waals surface area contributed by atoms with Crippen molar-refractivity contribution in [2.45, 2.75) is 50.7 Å². The highest BCUT2D eigenvalue weighted by Crippen LogP contribution is 2.38. The molecule has 0 aliphatic heterocycles. The molecule has 1 aliphatic rings. The summed E-state index contributed by atoms with van der Waals surface area (Å²) in [5.74, 6) is 0.0749. The molecule has 4 heteroatoms. The third-order valence-corrected chi connectivity index (χ3v) is 4.74. The lowest BCUT2D eigenvalue weighted by Crippen LogP contribution is -2.48. The Bertz CT molecular complexity index is 466. The largest absolute Gasteiger partial charge is 0.390 e. The quantitative estimate of drug-likeness (QED) is 0.911. The van der Waals surface area contributed by atoms with Crippen LogP contribution in [0.15, 0.2) is 18.2 Å². The maximum absolute atomic E-state index is 14.0. The molecule has 1 N–H and O–H groups in total. The molecule has 0 bridgehead atoms. The van der Waals surface area contributed by atoms with Crippen LogP contribution in [0.4, 0.5) is 4.39 Å². The van der Waals surface area contributed by atoms with Crippen LogP contribution in [0.2, 0.25) is 5.02 Å². The van der Waals surface area contributed by atoms with Crippen LogP contribution in [0.5, 0.6) is 0 Å². The number of aliphatic hydroxyl groups is 1. The van der Waals surface area contributed by atoms with Gasteiger partial charge in [-0.05, 0) is 30.4 Å². The molecule has 1 aromatic rings. The Kier molecular flexibility index (Phi) is 5.05. The SMILES string of the molecule is COC1(C(O)Cc2cccc(Cl)c2F)CCCC(C)C1. The van der Waals surface area contributed by atoms with Gasteiger partial charge in [-0.3, -0.25) is 0 Å². The van der Waals surface area contributed by atoms with Crippen LogP contribution >= 0.6 is 11.6 Å². The minimum Gasteiger partial charge on any atom is -0.390 e. The van der Waals surface area contributed by atoms with Crippen LogP contribution < -0.4 is 0 Å². The minimum absolute atomic E-state index is 0.0955. The average molecular weight is 301 g/mol. The highest BCUT2D eigenvalue weighted by molar-refractivity contribution is 6.30. The molecule has 1 saturated carbocycles. The van der Waals surface area contributed by atoms with Gasteiger partial charge in [0.25, 0.3) is 0 Å². The Labute approximate surface area is 124 Å². The highest BCUT2D eigenvalue weighted by Gasteiger charge is 2.41. The summed E-state index contributed by atoms with van der Waals surface area (Å²) in [6, 6.07) is 4.89. The van der Waals surface area contributed by atoms with Crippen molar-refractivity contribution in [1.29, 1.82) is 0 Å². The van der Waals surface area contributed by atoms with Crippen molar-refractivity contribution in [2.75, 3.05) is 7.11 Å². The van der Waals surface area contributed by atoms with Crippen molar-refractivity contribution in [1.82, 2.24) is 0 Å². The summed E-state index contributed by atoms with van der Waals surface area (Å²) in [5, 5.41) is 10.7. The molecule has 112 valence electrons. The Morgan fingerprint density at radius 1 is 1.55 bits per heavy atom. The molecule has 3 atom stereocenters. The van der Waals surface area contributed by atoms with Gasteiger partial charge >= 0.3 is 0 Å². The molecule has 1 fully saturated rings. The first-order valence-corrected chi connectivity index (χ1v) is 7.52. The molecule has 0 amide bonds. The molecule has 2 nitrogen and oxygen atoms in total. The van der Waals surface area contributed by atoms with E-state index in [1.165, 1.54) is 6.07 Å². The van der Waals surface area contributed by atoms with Crippen LogP contribution in [-0.2, 0) is 11.2 Å². The predicted octanol–water partition coefficient (Wildman–Crippen LogP) is 3.98. The first-order chi connectivity index (χ1) is 9.48. The third kappa shape index (κ3) is 3.16. The standard InChI is InChI=1S/C16H22ClFO2/c1-11-5-4-8-16(10-11,20-2)14(19)9-12-6-3-7-13(17)15(12)18/h3,6-7,11,14,19H,4-5,8-10H2,1-2H3. The van der Waals surface area contributed by atoms with E-state index in [1.807, 2.05) is 0 Å². The zero-order valence-corrected chi connectivity index (χ0v) is 12.8. The number of hydrogen-bond acceptors (Lipinski definition) is 2. The fourth-order valence-corrected chi connectivity index (χ4v) is 3.46. The van der Waals surface area contributed by atoms with Gasteiger partial charge in [0.15, 0.2) is 0 Å². The zero-order chi connectivity index (χ0) is 14.8. The first kappa shape index (κ1) is 15.7. The number of methoxy groups -OCH3 is 1. The molecule has 0 radical (unpaired) electrons.